The van der Waals surface area contributed by atoms with Crippen LogP contribution in [0.3, 0.4) is 0 Å². The molecule has 0 aliphatic carbocycles. The van der Waals surface area contributed by atoms with Crippen molar-refractivity contribution in [1.82, 2.24) is 29.9 Å². The quantitative estimate of drug-likeness (QED) is 0.501. The molecule has 0 radical (unpaired) electrons. The number of nitrogens with two attached hydrogens (primary N) is 1. The molecule has 1 aromatic carbocycles. The van der Waals surface area contributed by atoms with Crippen LogP contribution in [0.1, 0.15) is 38.1 Å². The van der Waals surface area contributed by atoms with Gasteiger partial charge in [-0.25, -0.2) is 9.97 Å². The fourth-order valence-corrected chi connectivity index (χ4v) is 3.09. The van der Waals surface area contributed by atoms with Crippen molar-refractivity contribution in [2.24, 2.45) is 0 Å². The van der Waals surface area contributed by atoms with E-state index >= 15 is 0 Å². The number of aliphatic hydroxyl groups is 1. The maximum atomic E-state index is 9.93. The minimum atomic E-state index is -0.859. The Morgan fingerprint density at radius 1 is 1.07 bits per heavy atom. The van der Waals surface area contributed by atoms with E-state index in [2.05, 4.69) is 25.2 Å². The summed E-state index contributed by atoms with van der Waals surface area (Å²) in [5.41, 5.74) is 8.35. The molecule has 0 amide bonds. The minimum Gasteiger partial charge on any atom is -0.389 e. The first-order chi connectivity index (χ1) is 14.3. The Morgan fingerprint density at radius 3 is 2.43 bits per heavy atom. The summed E-state index contributed by atoms with van der Waals surface area (Å²) in [7, 11) is 0. The zero-order valence-electron chi connectivity index (χ0n) is 17.0. The van der Waals surface area contributed by atoms with E-state index in [1.54, 1.807) is 43.3 Å². The summed E-state index contributed by atoms with van der Waals surface area (Å²) in [6.45, 7) is 5.85. The Hall–Kier alpha value is -3.59. The van der Waals surface area contributed by atoms with Crippen molar-refractivity contribution in [2.45, 2.75) is 38.8 Å². The summed E-state index contributed by atoms with van der Waals surface area (Å²) in [5, 5.41) is 18.3. The van der Waals surface area contributed by atoms with Crippen LogP contribution in [0.15, 0.2) is 53.6 Å². The predicted octanol–water partition coefficient (Wildman–Crippen LogP) is 2.90. The summed E-state index contributed by atoms with van der Waals surface area (Å²) in [5.74, 6) is 1.19. The fraction of sp³-hybridized carbons (Fsp3) is 0.286. The van der Waals surface area contributed by atoms with Gasteiger partial charge in [-0.2, -0.15) is 10.1 Å². The van der Waals surface area contributed by atoms with Gasteiger partial charge >= 0.3 is 0 Å². The lowest BCUT2D eigenvalue weighted by atomic mass is 9.98. The number of benzene rings is 1. The topological polar surface area (TPSA) is 129 Å². The number of hydrogen-bond acceptors (Lipinski definition) is 8. The van der Waals surface area contributed by atoms with Crippen molar-refractivity contribution in [3.8, 4) is 22.6 Å². The third-order valence-electron chi connectivity index (χ3n) is 4.67. The molecule has 3 N–H and O–H groups in total. The number of nitrogens with zero attached hydrogens (tertiary/aromatic N) is 6. The summed E-state index contributed by atoms with van der Waals surface area (Å²) in [4.78, 5) is 12.6. The number of aromatic nitrogens is 6. The molecule has 3 aromatic heterocycles. The van der Waals surface area contributed by atoms with Gasteiger partial charge in [-0.3, -0.25) is 4.68 Å². The van der Waals surface area contributed by atoms with Crippen LogP contribution < -0.4 is 5.73 Å². The smallest absolute Gasteiger partial charge is 0.261 e. The van der Waals surface area contributed by atoms with Crippen molar-refractivity contribution in [2.75, 3.05) is 5.73 Å². The van der Waals surface area contributed by atoms with Gasteiger partial charge in [0.15, 0.2) is 5.82 Å². The molecule has 3 heterocycles. The van der Waals surface area contributed by atoms with Gasteiger partial charge in [-0.1, -0.05) is 36.3 Å². The second kappa shape index (κ2) is 7.68. The van der Waals surface area contributed by atoms with Crippen molar-refractivity contribution in [3.63, 3.8) is 0 Å². The van der Waals surface area contributed by atoms with Gasteiger partial charge in [0.05, 0.1) is 23.9 Å². The van der Waals surface area contributed by atoms with Gasteiger partial charge in [0.1, 0.15) is 0 Å². The standard InChI is InChI=1S/C21H23N7O2/c1-13(14-4-6-15(7-5-14)16-8-23-20(22)24-9-16)18-26-19(30-27-18)17-10-25-28(11-17)12-21(2,3)29/h4-11,13,29H,12H2,1-3H3,(H2,22,23,24). The molecular weight excluding hydrogens is 382 g/mol. The highest BCUT2D eigenvalue weighted by Crippen LogP contribution is 2.27. The predicted molar refractivity (Wildman–Crippen MR) is 111 cm³/mol. The largest absolute Gasteiger partial charge is 0.389 e. The van der Waals surface area contributed by atoms with Crippen LogP contribution >= 0.6 is 0 Å². The lowest BCUT2D eigenvalue weighted by Gasteiger charge is -2.16. The second-order valence-corrected chi connectivity index (χ2v) is 7.87. The molecule has 0 aliphatic rings. The lowest BCUT2D eigenvalue weighted by molar-refractivity contribution is 0.0577. The Balaban J connectivity index is 1.50. The average molecular weight is 405 g/mol. The first-order valence-electron chi connectivity index (χ1n) is 9.55. The highest BCUT2D eigenvalue weighted by Gasteiger charge is 2.19. The fourth-order valence-electron chi connectivity index (χ4n) is 3.09. The monoisotopic (exact) mass is 405 g/mol. The third-order valence-corrected chi connectivity index (χ3v) is 4.67. The third kappa shape index (κ3) is 4.36. The molecule has 0 fully saturated rings. The molecule has 154 valence electrons. The van der Waals surface area contributed by atoms with Gasteiger partial charge in [0.25, 0.3) is 5.89 Å². The van der Waals surface area contributed by atoms with Crippen LogP contribution in [0.2, 0.25) is 0 Å². The van der Waals surface area contributed by atoms with Gasteiger partial charge in [0.2, 0.25) is 5.95 Å². The van der Waals surface area contributed by atoms with E-state index in [0.29, 0.717) is 23.8 Å². The van der Waals surface area contributed by atoms with E-state index in [1.165, 1.54) is 0 Å². The van der Waals surface area contributed by atoms with Crippen LogP contribution in [0.5, 0.6) is 0 Å². The summed E-state index contributed by atoms with van der Waals surface area (Å²) >= 11 is 0. The summed E-state index contributed by atoms with van der Waals surface area (Å²) in [6.07, 6.45) is 6.83. The highest BCUT2D eigenvalue weighted by atomic mass is 16.5. The maximum Gasteiger partial charge on any atom is 0.261 e. The van der Waals surface area contributed by atoms with Crippen LogP contribution in [-0.4, -0.2) is 40.6 Å². The molecule has 0 saturated carbocycles. The molecule has 0 aliphatic heterocycles. The molecule has 30 heavy (non-hydrogen) atoms. The number of rotatable bonds is 6. The molecule has 0 bridgehead atoms. The molecule has 9 heteroatoms. The van der Waals surface area contributed by atoms with Gasteiger partial charge in [-0.15, -0.1) is 0 Å². The van der Waals surface area contributed by atoms with E-state index in [4.69, 9.17) is 10.3 Å². The van der Waals surface area contributed by atoms with E-state index in [9.17, 15) is 5.11 Å². The van der Waals surface area contributed by atoms with Gasteiger partial charge < -0.3 is 15.4 Å². The van der Waals surface area contributed by atoms with Crippen molar-refractivity contribution < 1.29 is 9.63 Å². The molecule has 9 nitrogen and oxygen atoms in total. The van der Waals surface area contributed by atoms with Crippen LogP contribution in [0.25, 0.3) is 22.6 Å². The Bertz CT molecular complexity index is 1130. The van der Waals surface area contributed by atoms with Crippen LogP contribution in [-0.2, 0) is 6.54 Å². The summed E-state index contributed by atoms with van der Waals surface area (Å²) < 4.78 is 7.09. The Kier molecular flexibility index (Phi) is 5.04. The van der Waals surface area contributed by atoms with Gasteiger partial charge in [-0.05, 0) is 25.0 Å². The SMILES string of the molecule is CC(c1ccc(-c2cnc(N)nc2)cc1)c1noc(-c2cnn(CC(C)(C)O)c2)n1. The lowest BCUT2D eigenvalue weighted by Crippen LogP contribution is -2.26. The highest BCUT2D eigenvalue weighted by molar-refractivity contribution is 5.62. The first kappa shape index (κ1) is 19.7. The van der Waals surface area contributed by atoms with E-state index in [-0.39, 0.29) is 11.9 Å². The zero-order chi connectivity index (χ0) is 21.3. The van der Waals surface area contributed by atoms with Gasteiger partial charge in [0, 0.05) is 30.1 Å². The average Bonchev–Trinajstić information content (AvgIpc) is 3.36. The first-order valence-corrected chi connectivity index (χ1v) is 9.55. The van der Waals surface area contributed by atoms with Crippen molar-refractivity contribution >= 4 is 5.95 Å². The molecule has 0 saturated heterocycles. The molecule has 1 unspecified atom stereocenters. The number of nitrogen functional groups attached to an aromatic ring is 1. The minimum absolute atomic E-state index is 0.0503. The molecule has 0 spiro atoms. The van der Waals surface area contributed by atoms with Crippen molar-refractivity contribution in [1.29, 1.82) is 0 Å². The Morgan fingerprint density at radius 2 is 1.77 bits per heavy atom. The molecule has 1 atom stereocenters. The normalized spacial score (nSPS) is 12.8. The van der Waals surface area contributed by atoms with Crippen LogP contribution in [0.4, 0.5) is 5.95 Å². The van der Waals surface area contributed by atoms with Crippen LogP contribution in [0, 0.1) is 0 Å². The molecule has 4 rings (SSSR count). The molecular formula is C21H23N7O2. The van der Waals surface area contributed by atoms with E-state index < -0.39 is 5.60 Å². The van der Waals surface area contributed by atoms with Crippen molar-refractivity contribution in [3.05, 3.63) is 60.4 Å². The molecule has 4 aromatic rings. The van der Waals surface area contributed by atoms with E-state index in [0.717, 1.165) is 16.7 Å². The second-order valence-electron chi connectivity index (χ2n) is 7.87. The Labute approximate surface area is 173 Å². The zero-order valence-corrected chi connectivity index (χ0v) is 17.0. The summed E-state index contributed by atoms with van der Waals surface area (Å²) in [6, 6.07) is 8.05. The maximum absolute atomic E-state index is 9.93. The van der Waals surface area contributed by atoms with E-state index in [1.807, 2.05) is 31.2 Å². The number of hydrogen-bond donors (Lipinski definition) is 2. The number of anilines is 1.